The van der Waals surface area contributed by atoms with Gasteiger partial charge in [-0.2, -0.15) is 0 Å². The second-order valence-corrected chi connectivity index (χ2v) is 5.70. The van der Waals surface area contributed by atoms with Gasteiger partial charge in [-0.1, -0.05) is 12.1 Å². The highest BCUT2D eigenvalue weighted by Gasteiger charge is 2.18. The highest BCUT2D eigenvalue weighted by atomic mass is 32.2. The third kappa shape index (κ3) is 4.62. The van der Waals surface area contributed by atoms with Crippen LogP contribution in [0.3, 0.4) is 0 Å². The molecule has 0 aliphatic rings. The molecule has 0 aromatic heterocycles. The molecule has 0 fully saturated rings. The van der Waals surface area contributed by atoms with Crippen molar-refractivity contribution in [2.75, 3.05) is 25.2 Å². The zero-order chi connectivity index (χ0) is 12.9. The van der Waals surface area contributed by atoms with E-state index in [0.717, 1.165) is 6.07 Å². The Morgan fingerprint density at radius 3 is 2.71 bits per heavy atom. The molecule has 1 aromatic rings. The summed E-state index contributed by atoms with van der Waals surface area (Å²) in [5.41, 5.74) is 0.0611. The molecule has 0 bridgehead atoms. The van der Waals surface area contributed by atoms with Crippen LogP contribution in [0, 0.1) is 5.82 Å². The second kappa shape index (κ2) is 5.88. The molecular formula is C11H13FO4S. The van der Waals surface area contributed by atoms with Gasteiger partial charge in [-0.25, -0.2) is 12.8 Å². The first-order chi connectivity index (χ1) is 7.94. The Morgan fingerprint density at radius 2 is 2.12 bits per heavy atom. The van der Waals surface area contributed by atoms with E-state index in [1.165, 1.54) is 25.3 Å². The van der Waals surface area contributed by atoms with Gasteiger partial charge < -0.3 is 4.74 Å². The van der Waals surface area contributed by atoms with Crippen molar-refractivity contribution in [3.8, 4) is 0 Å². The van der Waals surface area contributed by atoms with Gasteiger partial charge in [0.15, 0.2) is 15.6 Å². The maximum absolute atomic E-state index is 12.8. The van der Waals surface area contributed by atoms with Gasteiger partial charge in [0.05, 0.1) is 12.4 Å². The maximum Gasteiger partial charge on any atom is 0.177 e. The molecule has 4 nitrogen and oxygen atoms in total. The Labute approximate surface area is 99.3 Å². The number of sulfone groups is 1. The Hall–Kier alpha value is -1.27. The third-order valence-electron chi connectivity index (χ3n) is 2.10. The molecule has 0 saturated heterocycles. The standard InChI is InChI=1S/C11H13FO4S/c1-16-5-6-17(14,15)8-11(13)9-3-2-4-10(12)7-9/h2-4,7H,5-6,8H2,1H3. The van der Waals surface area contributed by atoms with Gasteiger partial charge in [0, 0.05) is 12.7 Å². The lowest BCUT2D eigenvalue weighted by Gasteiger charge is -2.03. The van der Waals surface area contributed by atoms with Gasteiger partial charge >= 0.3 is 0 Å². The lowest BCUT2D eigenvalue weighted by atomic mass is 10.1. The van der Waals surface area contributed by atoms with Gasteiger partial charge in [0.25, 0.3) is 0 Å². The van der Waals surface area contributed by atoms with E-state index >= 15 is 0 Å². The minimum Gasteiger partial charge on any atom is -0.384 e. The summed E-state index contributed by atoms with van der Waals surface area (Å²) in [4.78, 5) is 11.6. The predicted molar refractivity (Wildman–Crippen MR) is 61.3 cm³/mol. The average molecular weight is 260 g/mol. The fourth-order valence-corrected chi connectivity index (χ4v) is 2.36. The largest absolute Gasteiger partial charge is 0.384 e. The fraction of sp³-hybridized carbons (Fsp3) is 0.364. The molecule has 0 atom stereocenters. The van der Waals surface area contributed by atoms with E-state index in [2.05, 4.69) is 4.74 Å². The summed E-state index contributed by atoms with van der Waals surface area (Å²) < 4.78 is 40.4. The van der Waals surface area contributed by atoms with E-state index < -0.39 is 27.2 Å². The summed E-state index contributed by atoms with van der Waals surface area (Å²) in [5.74, 6) is -2.02. The Morgan fingerprint density at radius 1 is 1.41 bits per heavy atom. The number of halogens is 1. The molecular weight excluding hydrogens is 247 g/mol. The molecule has 1 aromatic carbocycles. The summed E-state index contributed by atoms with van der Waals surface area (Å²) in [5, 5.41) is 0. The number of rotatable bonds is 6. The quantitative estimate of drug-likeness (QED) is 0.718. The number of carbonyl (C=O) groups is 1. The number of ether oxygens (including phenoxy) is 1. The predicted octanol–water partition coefficient (Wildman–Crippen LogP) is 1.07. The number of hydrogen-bond donors (Lipinski definition) is 0. The molecule has 0 radical (unpaired) electrons. The van der Waals surface area contributed by atoms with Crippen molar-refractivity contribution < 1.29 is 22.3 Å². The van der Waals surface area contributed by atoms with Crippen LogP contribution < -0.4 is 0 Å². The molecule has 94 valence electrons. The van der Waals surface area contributed by atoms with Crippen LogP contribution in [0.1, 0.15) is 10.4 Å². The molecule has 0 aliphatic carbocycles. The van der Waals surface area contributed by atoms with Crippen molar-refractivity contribution >= 4 is 15.6 Å². The third-order valence-corrected chi connectivity index (χ3v) is 3.59. The van der Waals surface area contributed by atoms with E-state index in [4.69, 9.17) is 0 Å². The highest BCUT2D eigenvalue weighted by molar-refractivity contribution is 7.92. The summed E-state index contributed by atoms with van der Waals surface area (Å²) in [6, 6.07) is 4.96. The van der Waals surface area contributed by atoms with Gasteiger partial charge in [-0.3, -0.25) is 4.79 Å². The first-order valence-corrected chi connectivity index (χ1v) is 6.75. The molecule has 0 spiro atoms. The molecule has 6 heteroatoms. The first kappa shape index (κ1) is 13.8. The van der Waals surface area contributed by atoms with Crippen LogP contribution >= 0.6 is 0 Å². The minimum absolute atomic E-state index is 0.0404. The van der Waals surface area contributed by atoms with Crippen LogP contribution in [0.15, 0.2) is 24.3 Å². The molecule has 0 heterocycles. The van der Waals surface area contributed by atoms with E-state index in [1.807, 2.05) is 0 Å². The molecule has 0 saturated carbocycles. The number of methoxy groups -OCH3 is 1. The van der Waals surface area contributed by atoms with Crippen LogP contribution in [0.4, 0.5) is 4.39 Å². The van der Waals surface area contributed by atoms with Crippen LogP contribution in [-0.2, 0) is 14.6 Å². The Balaban J connectivity index is 2.73. The van der Waals surface area contributed by atoms with Crippen molar-refractivity contribution in [3.63, 3.8) is 0 Å². The Bertz CT molecular complexity index is 496. The normalized spacial score (nSPS) is 11.4. The average Bonchev–Trinajstić information content (AvgIpc) is 2.26. The second-order valence-electron chi connectivity index (χ2n) is 3.52. The Kier molecular flexibility index (Phi) is 4.77. The van der Waals surface area contributed by atoms with E-state index in [1.54, 1.807) is 0 Å². The first-order valence-electron chi connectivity index (χ1n) is 4.93. The molecule has 17 heavy (non-hydrogen) atoms. The van der Waals surface area contributed by atoms with Crippen LogP contribution in [0.5, 0.6) is 0 Å². The topological polar surface area (TPSA) is 60.4 Å². The van der Waals surface area contributed by atoms with E-state index in [9.17, 15) is 17.6 Å². The van der Waals surface area contributed by atoms with E-state index in [-0.39, 0.29) is 17.9 Å². The van der Waals surface area contributed by atoms with Gasteiger partial charge in [0.2, 0.25) is 0 Å². The van der Waals surface area contributed by atoms with Gasteiger partial charge in [-0.05, 0) is 12.1 Å². The molecule has 0 aliphatic heterocycles. The van der Waals surface area contributed by atoms with Crippen molar-refractivity contribution in [1.29, 1.82) is 0 Å². The van der Waals surface area contributed by atoms with Gasteiger partial charge in [0.1, 0.15) is 11.6 Å². The molecule has 0 N–H and O–H groups in total. The van der Waals surface area contributed by atoms with Gasteiger partial charge in [-0.15, -0.1) is 0 Å². The lowest BCUT2D eigenvalue weighted by molar-refractivity contribution is 0.102. The summed E-state index contributed by atoms with van der Waals surface area (Å²) >= 11 is 0. The molecule has 1 rings (SSSR count). The zero-order valence-corrected chi connectivity index (χ0v) is 10.2. The number of ketones is 1. The van der Waals surface area contributed by atoms with E-state index in [0.29, 0.717) is 0 Å². The summed E-state index contributed by atoms with van der Waals surface area (Å²) in [6.45, 7) is 0.0404. The monoisotopic (exact) mass is 260 g/mol. The van der Waals surface area contributed by atoms with Crippen LogP contribution in [0.2, 0.25) is 0 Å². The fourth-order valence-electron chi connectivity index (χ4n) is 1.23. The zero-order valence-electron chi connectivity index (χ0n) is 9.35. The maximum atomic E-state index is 12.8. The summed E-state index contributed by atoms with van der Waals surface area (Å²) in [6.07, 6.45) is 0. The van der Waals surface area contributed by atoms with Crippen LogP contribution in [0.25, 0.3) is 0 Å². The van der Waals surface area contributed by atoms with Crippen molar-refractivity contribution in [3.05, 3.63) is 35.6 Å². The minimum atomic E-state index is -3.50. The smallest absolute Gasteiger partial charge is 0.177 e. The number of carbonyl (C=O) groups excluding carboxylic acids is 1. The van der Waals surface area contributed by atoms with Crippen molar-refractivity contribution in [2.24, 2.45) is 0 Å². The lowest BCUT2D eigenvalue weighted by Crippen LogP contribution is -2.21. The number of hydrogen-bond acceptors (Lipinski definition) is 4. The van der Waals surface area contributed by atoms with Crippen molar-refractivity contribution in [1.82, 2.24) is 0 Å². The highest BCUT2D eigenvalue weighted by Crippen LogP contribution is 2.06. The molecule has 0 amide bonds. The number of Topliss-reactive ketones (excluding diaryl/α,β-unsaturated/α-hetero) is 1. The number of benzene rings is 1. The SMILES string of the molecule is COCCS(=O)(=O)CC(=O)c1cccc(F)c1. The van der Waals surface area contributed by atoms with Crippen LogP contribution in [-0.4, -0.2) is 39.4 Å². The molecule has 0 unspecified atom stereocenters. The van der Waals surface area contributed by atoms with Crippen molar-refractivity contribution in [2.45, 2.75) is 0 Å². The summed E-state index contributed by atoms with van der Waals surface area (Å²) in [7, 11) is -2.12.